The molecule has 0 amide bonds. The molecule has 0 aliphatic heterocycles. The third-order valence-corrected chi connectivity index (χ3v) is 4.59. The van der Waals surface area contributed by atoms with Gasteiger partial charge in [0.2, 0.25) is 0 Å². The summed E-state index contributed by atoms with van der Waals surface area (Å²) >= 11 is 9.09. The fourth-order valence-electron chi connectivity index (χ4n) is 2.20. The van der Waals surface area contributed by atoms with Gasteiger partial charge in [0.25, 0.3) is 0 Å². The van der Waals surface area contributed by atoms with E-state index in [1.165, 1.54) is 0 Å². The van der Waals surface area contributed by atoms with Crippen molar-refractivity contribution in [2.75, 3.05) is 0 Å². The van der Waals surface area contributed by atoms with Crippen LogP contribution < -0.4 is 5.73 Å². The van der Waals surface area contributed by atoms with Crippen LogP contribution in [-0.4, -0.2) is 0 Å². The molecule has 1 aromatic carbocycles. The molecule has 0 aliphatic carbocycles. The quantitative estimate of drug-likeness (QED) is 0.793. The molecule has 0 radical (unpaired) electrons. The molecule has 0 aliphatic rings. The first kappa shape index (κ1) is 14.6. The molecule has 0 saturated carbocycles. The Morgan fingerprint density at radius 3 is 2.42 bits per heavy atom. The van der Waals surface area contributed by atoms with Crippen molar-refractivity contribution in [3.8, 4) is 0 Å². The van der Waals surface area contributed by atoms with Crippen LogP contribution in [0.25, 0.3) is 0 Å². The van der Waals surface area contributed by atoms with Crippen LogP contribution in [0.1, 0.15) is 34.3 Å². The SMILES string of the molecule is Cc1oc(C)c(C(N)c2ccc(Br)c(Cl)c2F)c1C. The average Bonchev–Trinajstić information content (AvgIpc) is 2.60. The van der Waals surface area contributed by atoms with E-state index in [0.29, 0.717) is 15.8 Å². The summed E-state index contributed by atoms with van der Waals surface area (Å²) in [5.41, 5.74) is 8.30. The van der Waals surface area contributed by atoms with Crippen LogP contribution in [0.5, 0.6) is 0 Å². The smallest absolute Gasteiger partial charge is 0.148 e. The highest BCUT2D eigenvalue weighted by molar-refractivity contribution is 9.10. The Balaban J connectivity index is 2.56. The lowest BCUT2D eigenvalue weighted by Gasteiger charge is -2.15. The monoisotopic (exact) mass is 345 g/mol. The summed E-state index contributed by atoms with van der Waals surface area (Å²) in [4.78, 5) is 0. The maximum absolute atomic E-state index is 14.2. The van der Waals surface area contributed by atoms with Crippen LogP contribution in [-0.2, 0) is 0 Å². The summed E-state index contributed by atoms with van der Waals surface area (Å²) in [5, 5.41) is 0.0449. The molecule has 0 saturated heterocycles. The van der Waals surface area contributed by atoms with Gasteiger partial charge in [-0.1, -0.05) is 17.7 Å². The number of aryl methyl sites for hydroxylation is 2. The standard InChI is InChI=1S/C14H14BrClFNO/c1-6-7(2)19-8(3)11(6)14(18)9-4-5-10(15)12(16)13(9)17/h4-5,14H,18H2,1-3H3. The summed E-state index contributed by atoms with van der Waals surface area (Å²) < 4.78 is 20.2. The maximum atomic E-state index is 14.2. The molecule has 2 rings (SSSR count). The van der Waals surface area contributed by atoms with Crippen molar-refractivity contribution in [3.05, 3.63) is 55.7 Å². The Labute approximate surface area is 124 Å². The topological polar surface area (TPSA) is 39.2 Å². The molecule has 0 bridgehead atoms. The van der Waals surface area contributed by atoms with Crippen LogP contribution >= 0.6 is 27.5 Å². The Kier molecular flexibility index (Phi) is 4.04. The van der Waals surface area contributed by atoms with E-state index in [2.05, 4.69) is 15.9 Å². The number of nitrogens with two attached hydrogens (primary N) is 1. The first-order chi connectivity index (χ1) is 8.84. The van der Waals surface area contributed by atoms with E-state index in [1.807, 2.05) is 20.8 Å². The van der Waals surface area contributed by atoms with E-state index in [0.717, 1.165) is 16.9 Å². The van der Waals surface area contributed by atoms with Gasteiger partial charge in [0.05, 0.1) is 11.1 Å². The number of hydrogen-bond acceptors (Lipinski definition) is 2. The maximum Gasteiger partial charge on any atom is 0.148 e. The van der Waals surface area contributed by atoms with E-state index in [1.54, 1.807) is 12.1 Å². The molecule has 1 unspecified atom stereocenters. The van der Waals surface area contributed by atoms with Crippen molar-refractivity contribution in [2.24, 2.45) is 5.73 Å². The zero-order valence-electron chi connectivity index (χ0n) is 10.9. The second-order valence-corrected chi connectivity index (χ2v) is 5.73. The Hall–Kier alpha value is -0.840. The summed E-state index contributed by atoms with van der Waals surface area (Å²) in [6, 6.07) is 2.73. The van der Waals surface area contributed by atoms with Crippen LogP contribution in [0.3, 0.4) is 0 Å². The van der Waals surface area contributed by atoms with Gasteiger partial charge in [-0.05, 0) is 48.3 Å². The van der Waals surface area contributed by atoms with Gasteiger partial charge in [0, 0.05) is 15.6 Å². The average molecular weight is 347 g/mol. The zero-order chi connectivity index (χ0) is 14.3. The van der Waals surface area contributed by atoms with Crippen LogP contribution in [0.4, 0.5) is 4.39 Å². The van der Waals surface area contributed by atoms with Crippen molar-refractivity contribution in [2.45, 2.75) is 26.8 Å². The molecule has 19 heavy (non-hydrogen) atoms. The Bertz CT molecular complexity index is 639. The van der Waals surface area contributed by atoms with E-state index in [-0.39, 0.29) is 5.02 Å². The van der Waals surface area contributed by atoms with Crippen LogP contribution in [0, 0.1) is 26.6 Å². The summed E-state index contributed by atoms with van der Waals surface area (Å²) in [7, 11) is 0. The van der Waals surface area contributed by atoms with Gasteiger partial charge < -0.3 is 10.2 Å². The molecule has 1 atom stereocenters. The number of halogens is 3. The normalized spacial score (nSPS) is 12.8. The van der Waals surface area contributed by atoms with Crippen LogP contribution in [0.2, 0.25) is 5.02 Å². The molecule has 1 heterocycles. The number of furan rings is 1. The molecule has 0 fully saturated rings. The van der Waals surface area contributed by atoms with Crippen molar-refractivity contribution in [1.29, 1.82) is 0 Å². The molecule has 0 spiro atoms. The molecule has 5 heteroatoms. The van der Waals surface area contributed by atoms with Gasteiger partial charge in [-0.25, -0.2) is 4.39 Å². The van der Waals surface area contributed by atoms with E-state index >= 15 is 0 Å². The van der Waals surface area contributed by atoms with Gasteiger partial charge in [-0.15, -0.1) is 0 Å². The summed E-state index contributed by atoms with van der Waals surface area (Å²) in [6.45, 7) is 5.61. The largest absolute Gasteiger partial charge is 0.466 e. The first-order valence-electron chi connectivity index (χ1n) is 5.80. The minimum atomic E-state index is -0.594. The molecule has 1 aromatic heterocycles. The van der Waals surface area contributed by atoms with Gasteiger partial charge in [0.1, 0.15) is 17.3 Å². The minimum absolute atomic E-state index is 0.0449. The highest BCUT2D eigenvalue weighted by Gasteiger charge is 2.23. The predicted molar refractivity (Wildman–Crippen MR) is 78.1 cm³/mol. The third-order valence-electron chi connectivity index (χ3n) is 3.33. The highest BCUT2D eigenvalue weighted by atomic mass is 79.9. The van der Waals surface area contributed by atoms with Gasteiger partial charge in [0.15, 0.2) is 0 Å². The van der Waals surface area contributed by atoms with Crippen molar-refractivity contribution < 1.29 is 8.81 Å². The van der Waals surface area contributed by atoms with Gasteiger partial charge in [-0.3, -0.25) is 0 Å². The number of benzene rings is 1. The molecule has 2 nitrogen and oxygen atoms in total. The van der Waals surface area contributed by atoms with Crippen molar-refractivity contribution in [3.63, 3.8) is 0 Å². The molecule has 2 N–H and O–H groups in total. The number of rotatable bonds is 2. The van der Waals surface area contributed by atoms with Gasteiger partial charge >= 0.3 is 0 Å². The summed E-state index contributed by atoms with van der Waals surface area (Å²) in [6.07, 6.45) is 0. The molecular formula is C14H14BrClFNO. The predicted octanol–water partition coefficient (Wildman–Crippen LogP) is 4.81. The number of hydrogen-bond donors (Lipinski definition) is 1. The van der Waals surface area contributed by atoms with Crippen molar-refractivity contribution >= 4 is 27.5 Å². The minimum Gasteiger partial charge on any atom is -0.466 e. The summed E-state index contributed by atoms with van der Waals surface area (Å²) in [5.74, 6) is 1.01. The Morgan fingerprint density at radius 1 is 1.26 bits per heavy atom. The second-order valence-electron chi connectivity index (χ2n) is 4.50. The highest BCUT2D eigenvalue weighted by Crippen LogP contribution is 2.35. The Morgan fingerprint density at radius 2 is 1.89 bits per heavy atom. The fourth-order valence-corrected chi connectivity index (χ4v) is 2.68. The van der Waals surface area contributed by atoms with Crippen LogP contribution in [0.15, 0.2) is 21.0 Å². The van der Waals surface area contributed by atoms with E-state index < -0.39 is 11.9 Å². The fraction of sp³-hybridized carbons (Fsp3) is 0.286. The van der Waals surface area contributed by atoms with Gasteiger partial charge in [-0.2, -0.15) is 0 Å². The lowest BCUT2D eigenvalue weighted by Crippen LogP contribution is -2.15. The second kappa shape index (κ2) is 5.27. The lowest BCUT2D eigenvalue weighted by atomic mass is 9.96. The van der Waals surface area contributed by atoms with E-state index in [4.69, 9.17) is 21.8 Å². The lowest BCUT2D eigenvalue weighted by molar-refractivity contribution is 0.497. The molecular weight excluding hydrogens is 333 g/mol. The van der Waals surface area contributed by atoms with Crippen molar-refractivity contribution in [1.82, 2.24) is 0 Å². The molecule has 2 aromatic rings. The first-order valence-corrected chi connectivity index (χ1v) is 6.97. The zero-order valence-corrected chi connectivity index (χ0v) is 13.2. The third kappa shape index (κ3) is 2.45. The molecule has 102 valence electrons. The van der Waals surface area contributed by atoms with E-state index in [9.17, 15) is 4.39 Å².